The van der Waals surface area contributed by atoms with Crippen LogP contribution in [0.15, 0.2) is 0 Å². The fourth-order valence-electron chi connectivity index (χ4n) is 4.27. The molecule has 2 fully saturated rings. The van der Waals surface area contributed by atoms with Gasteiger partial charge in [-0.3, -0.25) is 11.3 Å². The SMILES string of the molecule is CC1(C)CCCC1C(NN)C1CCCCCC1. The summed E-state index contributed by atoms with van der Waals surface area (Å²) in [6, 6.07) is 0.561. The predicted octanol–water partition coefficient (Wildman–Crippen LogP) is 3.62. The van der Waals surface area contributed by atoms with Gasteiger partial charge in [-0.2, -0.15) is 0 Å². The first-order chi connectivity index (χ1) is 8.15. The molecule has 2 aliphatic carbocycles. The van der Waals surface area contributed by atoms with Crippen LogP contribution in [0.5, 0.6) is 0 Å². The normalized spacial score (nSPS) is 32.3. The molecule has 0 amide bonds. The highest BCUT2D eigenvalue weighted by molar-refractivity contribution is 4.94. The van der Waals surface area contributed by atoms with Crippen molar-refractivity contribution in [3.8, 4) is 0 Å². The maximum absolute atomic E-state index is 5.91. The summed E-state index contributed by atoms with van der Waals surface area (Å²) in [5, 5.41) is 0. The topological polar surface area (TPSA) is 38.0 Å². The number of nitrogens with two attached hydrogens (primary N) is 1. The fraction of sp³-hybridized carbons (Fsp3) is 1.00. The van der Waals surface area contributed by atoms with Gasteiger partial charge in [-0.25, -0.2) is 0 Å². The van der Waals surface area contributed by atoms with E-state index in [9.17, 15) is 0 Å². The third-order valence-electron chi connectivity index (χ3n) is 5.37. The van der Waals surface area contributed by atoms with Crippen molar-refractivity contribution in [2.75, 3.05) is 0 Å². The zero-order valence-corrected chi connectivity index (χ0v) is 11.7. The van der Waals surface area contributed by atoms with Gasteiger partial charge in [0.2, 0.25) is 0 Å². The van der Waals surface area contributed by atoms with Gasteiger partial charge in [0.15, 0.2) is 0 Å². The van der Waals surface area contributed by atoms with Crippen LogP contribution in [0.25, 0.3) is 0 Å². The fourth-order valence-corrected chi connectivity index (χ4v) is 4.27. The van der Waals surface area contributed by atoms with Crippen molar-refractivity contribution in [2.45, 2.75) is 77.7 Å². The van der Waals surface area contributed by atoms with Gasteiger partial charge < -0.3 is 0 Å². The summed E-state index contributed by atoms with van der Waals surface area (Å²) in [6.07, 6.45) is 12.6. The van der Waals surface area contributed by atoms with Crippen LogP contribution in [0.1, 0.15) is 71.6 Å². The average molecular weight is 238 g/mol. The molecule has 0 aromatic carbocycles. The van der Waals surface area contributed by atoms with Crippen molar-refractivity contribution in [2.24, 2.45) is 23.1 Å². The van der Waals surface area contributed by atoms with Crippen LogP contribution in [0.4, 0.5) is 0 Å². The van der Waals surface area contributed by atoms with E-state index in [0.29, 0.717) is 11.5 Å². The molecule has 100 valence electrons. The monoisotopic (exact) mass is 238 g/mol. The molecular formula is C15H30N2. The van der Waals surface area contributed by atoms with Crippen molar-refractivity contribution >= 4 is 0 Å². The van der Waals surface area contributed by atoms with Crippen molar-refractivity contribution in [3.63, 3.8) is 0 Å². The van der Waals surface area contributed by atoms with Crippen LogP contribution in [0.3, 0.4) is 0 Å². The summed E-state index contributed by atoms with van der Waals surface area (Å²) >= 11 is 0. The minimum absolute atomic E-state index is 0.489. The largest absolute Gasteiger partial charge is 0.271 e. The second-order valence-electron chi connectivity index (χ2n) is 6.93. The van der Waals surface area contributed by atoms with E-state index >= 15 is 0 Å². The Morgan fingerprint density at radius 2 is 1.65 bits per heavy atom. The summed E-state index contributed by atoms with van der Waals surface area (Å²) in [5.74, 6) is 7.52. The Hall–Kier alpha value is -0.0800. The molecule has 0 radical (unpaired) electrons. The Bertz CT molecular complexity index is 229. The number of hydrazine groups is 1. The third-order valence-corrected chi connectivity index (χ3v) is 5.37. The van der Waals surface area contributed by atoms with Gasteiger partial charge in [0.05, 0.1) is 0 Å². The molecule has 0 aliphatic heterocycles. The predicted molar refractivity (Wildman–Crippen MR) is 73.4 cm³/mol. The van der Waals surface area contributed by atoms with Crippen LogP contribution < -0.4 is 11.3 Å². The van der Waals surface area contributed by atoms with Crippen molar-refractivity contribution in [1.29, 1.82) is 0 Å². The summed E-state index contributed by atoms with van der Waals surface area (Å²) in [5.41, 5.74) is 3.69. The van der Waals surface area contributed by atoms with E-state index in [1.807, 2.05) is 0 Å². The van der Waals surface area contributed by atoms with Crippen LogP contribution in [-0.4, -0.2) is 6.04 Å². The average Bonchev–Trinajstić information content (AvgIpc) is 2.55. The van der Waals surface area contributed by atoms with Gasteiger partial charge in [0, 0.05) is 6.04 Å². The second kappa shape index (κ2) is 5.71. The Labute approximate surface area is 107 Å². The number of rotatable bonds is 3. The molecule has 2 atom stereocenters. The van der Waals surface area contributed by atoms with E-state index in [1.54, 1.807) is 0 Å². The molecule has 2 unspecified atom stereocenters. The highest BCUT2D eigenvalue weighted by Gasteiger charge is 2.41. The molecule has 2 heteroatoms. The first-order valence-corrected chi connectivity index (χ1v) is 7.61. The molecule has 3 N–H and O–H groups in total. The van der Waals surface area contributed by atoms with E-state index in [-0.39, 0.29) is 0 Å². The minimum Gasteiger partial charge on any atom is -0.271 e. The van der Waals surface area contributed by atoms with E-state index in [0.717, 1.165) is 11.8 Å². The molecule has 2 nitrogen and oxygen atoms in total. The number of nitrogens with one attached hydrogen (secondary N) is 1. The summed E-state index contributed by atoms with van der Waals surface area (Å²) < 4.78 is 0. The van der Waals surface area contributed by atoms with Gasteiger partial charge in [-0.05, 0) is 42.9 Å². The van der Waals surface area contributed by atoms with E-state index in [1.165, 1.54) is 57.8 Å². The minimum atomic E-state index is 0.489. The molecule has 2 aliphatic rings. The molecule has 2 rings (SSSR count). The first-order valence-electron chi connectivity index (χ1n) is 7.61. The summed E-state index contributed by atoms with van der Waals surface area (Å²) in [4.78, 5) is 0. The van der Waals surface area contributed by atoms with Crippen LogP contribution >= 0.6 is 0 Å². The second-order valence-corrected chi connectivity index (χ2v) is 6.93. The summed E-state index contributed by atoms with van der Waals surface area (Å²) in [6.45, 7) is 4.87. The lowest BCUT2D eigenvalue weighted by atomic mass is 9.72. The molecule has 0 spiro atoms. The number of hydrogen-bond acceptors (Lipinski definition) is 2. The maximum Gasteiger partial charge on any atom is 0.0272 e. The maximum atomic E-state index is 5.91. The Morgan fingerprint density at radius 3 is 2.12 bits per heavy atom. The van der Waals surface area contributed by atoms with E-state index in [2.05, 4.69) is 19.3 Å². The van der Waals surface area contributed by atoms with Crippen molar-refractivity contribution in [3.05, 3.63) is 0 Å². The lowest BCUT2D eigenvalue weighted by molar-refractivity contribution is 0.144. The zero-order chi connectivity index (χ0) is 12.3. The standard InChI is InChI=1S/C15H30N2/c1-15(2)11-7-10-13(15)14(17-16)12-8-5-3-4-6-9-12/h12-14,17H,3-11,16H2,1-2H3. The van der Waals surface area contributed by atoms with Crippen LogP contribution in [-0.2, 0) is 0 Å². The van der Waals surface area contributed by atoms with Crippen LogP contribution in [0, 0.1) is 17.3 Å². The summed E-state index contributed by atoms with van der Waals surface area (Å²) in [7, 11) is 0. The van der Waals surface area contributed by atoms with Gasteiger partial charge in [-0.1, -0.05) is 46.0 Å². The van der Waals surface area contributed by atoms with Crippen molar-refractivity contribution in [1.82, 2.24) is 5.43 Å². The lowest BCUT2D eigenvalue weighted by Gasteiger charge is -2.38. The lowest BCUT2D eigenvalue weighted by Crippen LogP contribution is -2.49. The van der Waals surface area contributed by atoms with Gasteiger partial charge in [0.25, 0.3) is 0 Å². The molecule has 17 heavy (non-hydrogen) atoms. The van der Waals surface area contributed by atoms with Gasteiger partial charge in [-0.15, -0.1) is 0 Å². The highest BCUT2D eigenvalue weighted by atomic mass is 15.2. The van der Waals surface area contributed by atoms with Crippen LogP contribution in [0.2, 0.25) is 0 Å². The smallest absolute Gasteiger partial charge is 0.0272 e. The van der Waals surface area contributed by atoms with Gasteiger partial charge in [0.1, 0.15) is 0 Å². The van der Waals surface area contributed by atoms with E-state index in [4.69, 9.17) is 5.84 Å². The zero-order valence-electron chi connectivity index (χ0n) is 11.7. The molecular weight excluding hydrogens is 208 g/mol. The Kier molecular flexibility index (Phi) is 4.48. The van der Waals surface area contributed by atoms with Gasteiger partial charge >= 0.3 is 0 Å². The molecule has 0 saturated heterocycles. The molecule has 0 bridgehead atoms. The first kappa shape index (κ1) is 13.4. The Morgan fingerprint density at radius 1 is 1.00 bits per heavy atom. The quantitative estimate of drug-likeness (QED) is 0.448. The highest BCUT2D eigenvalue weighted by Crippen LogP contribution is 2.47. The number of hydrogen-bond donors (Lipinski definition) is 2. The van der Waals surface area contributed by atoms with E-state index < -0.39 is 0 Å². The van der Waals surface area contributed by atoms with Crippen molar-refractivity contribution < 1.29 is 0 Å². The molecule has 0 aromatic rings. The molecule has 0 heterocycles. The molecule has 0 aromatic heterocycles. The molecule has 2 saturated carbocycles. The Balaban J connectivity index is 2.03. The third kappa shape index (κ3) is 3.03.